The number of nitriles is 1. The van der Waals surface area contributed by atoms with Gasteiger partial charge in [-0.05, 0) is 42.5 Å². The number of carbonyl (C=O) groups is 1. The zero-order valence-electron chi connectivity index (χ0n) is 13.2. The van der Waals surface area contributed by atoms with Crippen molar-refractivity contribution in [1.82, 2.24) is 4.98 Å². The van der Waals surface area contributed by atoms with Crippen LogP contribution in [0.5, 0.6) is 0 Å². The summed E-state index contributed by atoms with van der Waals surface area (Å²) in [6, 6.07) is 14.4. The molecule has 1 N–H and O–H groups in total. The minimum Gasteiger partial charge on any atom is -0.321 e. The third-order valence-electron chi connectivity index (χ3n) is 3.37. The second-order valence-corrected chi connectivity index (χ2v) is 6.51. The van der Waals surface area contributed by atoms with Gasteiger partial charge < -0.3 is 5.32 Å². The molecule has 0 aliphatic carbocycles. The largest absolute Gasteiger partial charge is 0.321 e. The van der Waals surface area contributed by atoms with Crippen molar-refractivity contribution in [2.75, 3.05) is 5.32 Å². The Kier molecular flexibility index (Phi) is 5.42. The van der Waals surface area contributed by atoms with E-state index in [9.17, 15) is 14.4 Å². The molecule has 0 unspecified atom stereocenters. The standard InChI is InChI=1S/C19H11ClFN3OS/c20-14-3-1-12(2-4-14)19-24-17(11-26-19)9-13(10-22)18(25)23-16-7-5-15(21)6-8-16/h1-9,11H,(H,23,25)/b13-9+. The first-order valence-electron chi connectivity index (χ1n) is 7.45. The van der Waals surface area contributed by atoms with Crippen molar-refractivity contribution >= 4 is 40.6 Å². The number of rotatable bonds is 4. The van der Waals surface area contributed by atoms with Crippen LogP contribution in [0.1, 0.15) is 5.69 Å². The highest BCUT2D eigenvalue weighted by Crippen LogP contribution is 2.26. The molecule has 3 aromatic rings. The Labute approximate surface area is 158 Å². The molecule has 7 heteroatoms. The fourth-order valence-electron chi connectivity index (χ4n) is 2.11. The van der Waals surface area contributed by atoms with Crippen molar-refractivity contribution in [2.45, 2.75) is 0 Å². The van der Waals surface area contributed by atoms with Crippen molar-refractivity contribution in [1.29, 1.82) is 5.26 Å². The van der Waals surface area contributed by atoms with Gasteiger partial charge in [-0.2, -0.15) is 5.26 Å². The van der Waals surface area contributed by atoms with Gasteiger partial charge in [-0.15, -0.1) is 11.3 Å². The highest BCUT2D eigenvalue weighted by atomic mass is 35.5. The summed E-state index contributed by atoms with van der Waals surface area (Å²) < 4.78 is 12.9. The quantitative estimate of drug-likeness (QED) is 0.500. The first kappa shape index (κ1) is 17.8. The molecule has 26 heavy (non-hydrogen) atoms. The molecule has 0 bridgehead atoms. The van der Waals surface area contributed by atoms with Gasteiger partial charge in [0.05, 0.1) is 5.69 Å². The number of amides is 1. The Morgan fingerprint density at radius 3 is 2.54 bits per heavy atom. The van der Waals surface area contributed by atoms with Gasteiger partial charge in [0.2, 0.25) is 0 Å². The van der Waals surface area contributed by atoms with Crippen LogP contribution in [0.15, 0.2) is 59.5 Å². The normalized spacial score (nSPS) is 11.0. The van der Waals surface area contributed by atoms with E-state index in [2.05, 4.69) is 10.3 Å². The Morgan fingerprint density at radius 2 is 1.88 bits per heavy atom. The molecular weight excluding hydrogens is 373 g/mol. The maximum atomic E-state index is 12.9. The SMILES string of the molecule is N#C/C(=C\c1csc(-c2ccc(Cl)cc2)n1)C(=O)Nc1ccc(F)cc1. The van der Waals surface area contributed by atoms with Crippen molar-refractivity contribution in [3.8, 4) is 16.6 Å². The molecule has 1 heterocycles. The van der Waals surface area contributed by atoms with E-state index in [0.717, 1.165) is 10.6 Å². The number of hydrogen-bond acceptors (Lipinski definition) is 4. The molecule has 0 fully saturated rings. The fourth-order valence-corrected chi connectivity index (χ4v) is 3.02. The van der Waals surface area contributed by atoms with Crippen LogP contribution in [0, 0.1) is 17.1 Å². The lowest BCUT2D eigenvalue weighted by atomic mass is 10.2. The van der Waals surface area contributed by atoms with E-state index < -0.39 is 11.7 Å². The first-order valence-corrected chi connectivity index (χ1v) is 8.71. The fraction of sp³-hybridized carbons (Fsp3) is 0. The van der Waals surface area contributed by atoms with E-state index in [1.807, 2.05) is 18.2 Å². The molecule has 0 radical (unpaired) electrons. The number of carbonyl (C=O) groups excluding carboxylic acids is 1. The van der Waals surface area contributed by atoms with Crippen LogP contribution in [0.25, 0.3) is 16.6 Å². The molecule has 1 aromatic heterocycles. The average Bonchev–Trinajstić information content (AvgIpc) is 3.11. The van der Waals surface area contributed by atoms with Gasteiger partial charge in [0.25, 0.3) is 5.91 Å². The molecule has 4 nitrogen and oxygen atoms in total. The topological polar surface area (TPSA) is 65.8 Å². The summed E-state index contributed by atoms with van der Waals surface area (Å²) in [5.74, 6) is -0.989. The van der Waals surface area contributed by atoms with Crippen LogP contribution in [-0.2, 0) is 4.79 Å². The van der Waals surface area contributed by atoms with Gasteiger partial charge in [-0.1, -0.05) is 23.7 Å². The van der Waals surface area contributed by atoms with E-state index in [4.69, 9.17) is 11.6 Å². The molecular formula is C19H11ClFN3OS. The lowest BCUT2D eigenvalue weighted by molar-refractivity contribution is -0.112. The molecule has 0 atom stereocenters. The van der Waals surface area contributed by atoms with Gasteiger partial charge in [-0.3, -0.25) is 4.79 Å². The molecule has 0 spiro atoms. The van der Waals surface area contributed by atoms with Gasteiger partial charge in [-0.25, -0.2) is 9.37 Å². The minimum atomic E-state index is -0.583. The predicted molar refractivity (Wildman–Crippen MR) is 101 cm³/mol. The molecule has 0 saturated heterocycles. The Morgan fingerprint density at radius 1 is 1.19 bits per heavy atom. The Balaban J connectivity index is 1.78. The number of hydrogen-bond donors (Lipinski definition) is 1. The summed E-state index contributed by atoms with van der Waals surface area (Å²) in [6.07, 6.45) is 1.41. The number of thiazole rings is 1. The predicted octanol–water partition coefficient (Wildman–Crippen LogP) is 5.15. The molecule has 2 aromatic carbocycles. The first-order chi connectivity index (χ1) is 12.5. The number of nitrogens with one attached hydrogen (secondary N) is 1. The minimum absolute atomic E-state index is 0.0951. The molecule has 0 saturated carbocycles. The van der Waals surface area contributed by atoms with Crippen LogP contribution < -0.4 is 5.32 Å². The highest BCUT2D eigenvalue weighted by molar-refractivity contribution is 7.13. The number of nitrogens with zero attached hydrogens (tertiary/aromatic N) is 2. The van der Waals surface area contributed by atoms with Crippen molar-refractivity contribution in [3.63, 3.8) is 0 Å². The van der Waals surface area contributed by atoms with Crippen LogP contribution in [0.2, 0.25) is 5.02 Å². The monoisotopic (exact) mass is 383 g/mol. The second kappa shape index (κ2) is 7.91. The molecule has 128 valence electrons. The number of anilines is 1. The Bertz CT molecular complexity index is 1000. The molecule has 0 aliphatic heterocycles. The summed E-state index contributed by atoms with van der Waals surface area (Å²) in [5.41, 5.74) is 1.71. The van der Waals surface area contributed by atoms with Gasteiger partial charge in [0, 0.05) is 21.7 Å². The number of benzene rings is 2. The van der Waals surface area contributed by atoms with Gasteiger partial charge in [0.15, 0.2) is 0 Å². The van der Waals surface area contributed by atoms with Crippen LogP contribution in [0.3, 0.4) is 0 Å². The smallest absolute Gasteiger partial charge is 0.266 e. The summed E-state index contributed by atoms with van der Waals surface area (Å²) >= 11 is 7.27. The summed E-state index contributed by atoms with van der Waals surface area (Å²) in [4.78, 5) is 16.6. The molecule has 1 amide bonds. The zero-order chi connectivity index (χ0) is 18.5. The molecule has 3 rings (SSSR count). The van der Waals surface area contributed by atoms with E-state index in [1.54, 1.807) is 17.5 Å². The summed E-state index contributed by atoms with van der Waals surface area (Å²) in [6.45, 7) is 0. The van der Waals surface area contributed by atoms with E-state index in [-0.39, 0.29) is 5.57 Å². The van der Waals surface area contributed by atoms with Crippen molar-refractivity contribution < 1.29 is 9.18 Å². The third-order valence-corrected chi connectivity index (χ3v) is 4.53. The third kappa shape index (κ3) is 4.33. The Hall–Kier alpha value is -3.01. The van der Waals surface area contributed by atoms with Gasteiger partial charge >= 0.3 is 0 Å². The van der Waals surface area contributed by atoms with Crippen molar-refractivity contribution in [2.24, 2.45) is 0 Å². The maximum absolute atomic E-state index is 12.9. The lowest BCUT2D eigenvalue weighted by Gasteiger charge is -2.03. The number of aromatic nitrogens is 1. The van der Waals surface area contributed by atoms with Crippen molar-refractivity contribution in [3.05, 3.63) is 76.0 Å². The average molecular weight is 384 g/mol. The van der Waals surface area contributed by atoms with E-state index in [1.165, 1.54) is 41.7 Å². The number of halogens is 2. The maximum Gasteiger partial charge on any atom is 0.266 e. The van der Waals surface area contributed by atoms with Crippen LogP contribution >= 0.6 is 22.9 Å². The molecule has 0 aliphatic rings. The second-order valence-electron chi connectivity index (χ2n) is 5.22. The van der Waals surface area contributed by atoms with E-state index in [0.29, 0.717) is 16.4 Å². The highest BCUT2D eigenvalue weighted by Gasteiger charge is 2.11. The van der Waals surface area contributed by atoms with Crippen LogP contribution in [0.4, 0.5) is 10.1 Å². The zero-order valence-corrected chi connectivity index (χ0v) is 14.8. The van der Waals surface area contributed by atoms with Crippen LogP contribution in [-0.4, -0.2) is 10.9 Å². The van der Waals surface area contributed by atoms with Gasteiger partial charge in [0.1, 0.15) is 22.5 Å². The lowest BCUT2D eigenvalue weighted by Crippen LogP contribution is -2.13. The summed E-state index contributed by atoms with van der Waals surface area (Å²) in [5, 5.41) is 14.9. The summed E-state index contributed by atoms with van der Waals surface area (Å²) in [7, 11) is 0. The van der Waals surface area contributed by atoms with E-state index >= 15 is 0 Å².